The molecule has 4 rings (SSSR count). The predicted octanol–water partition coefficient (Wildman–Crippen LogP) is 0.217. The first-order valence-corrected chi connectivity index (χ1v) is 8.54. The molecule has 124 valence electrons. The van der Waals surface area contributed by atoms with E-state index in [-0.39, 0.29) is 5.91 Å². The molecule has 1 N–H and O–H groups in total. The summed E-state index contributed by atoms with van der Waals surface area (Å²) in [5, 5.41) is 3.26. The molecule has 0 radical (unpaired) electrons. The van der Waals surface area contributed by atoms with Gasteiger partial charge in [-0.05, 0) is 19.3 Å². The summed E-state index contributed by atoms with van der Waals surface area (Å²) in [6.07, 6.45) is 5.36. The number of fused-ring (bicyclic) bond motifs is 1. The Morgan fingerprint density at radius 1 is 1.09 bits per heavy atom. The van der Waals surface area contributed by atoms with Crippen molar-refractivity contribution in [3.63, 3.8) is 0 Å². The molecule has 0 spiro atoms. The van der Waals surface area contributed by atoms with E-state index in [1.54, 1.807) is 6.33 Å². The van der Waals surface area contributed by atoms with E-state index in [1.165, 1.54) is 19.3 Å². The van der Waals surface area contributed by atoms with Crippen LogP contribution >= 0.6 is 0 Å². The van der Waals surface area contributed by atoms with Crippen molar-refractivity contribution in [3.05, 3.63) is 11.9 Å². The minimum Gasteiger partial charge on any atom is -0.356 e. The van der Waals surface area contributed by atoms with Gasteiger partial charge >= 0.3 is 0 Å². The van der Waals surface area contributed by atoms with E-state index in [9.17, 15) is 4.79 Å². The molecule has 2 fully saturated rings. The van der Waals surface area contributed by atoms with Crippen LogP contribution in [0.25, 0.3) is 0 Å². The Morgan fingerprint density at radius 2 is 1.83 bits per heavy atom. The monoisotopic (exact) mass is 316 g/mol. The SMILES string of the molecule is CN1CC(=O)N(C2CNC2)Cc2c1ncnc2N1CCCCC1. The molecule has 2 saturated heterocycles. The maximum atomic E-state index is 12.6. The van der Waals surface area contributed by atoms with Crippen molar-refractivity contribution >= 4 is 17.5 Å². The molecule has 3 aliphatic heterocycles. The molecular formula is C16H24N6O. The Morgan fingerprint density at radius 3 is 2.52 bits per heavy atom. The maximum Gasteiger partial charge on any atom is 0.242 e. The first-order valence-electron chi connectivity index (χ1n) is 8.54. The minimum absolute atomic E-state index is 0.182. The largest absolute Gasteiger partial charge is 0.356 e. The Balaban J connectivity index is 1.71. The van der Waals surface area contributed by atoms with Crippen LogP contribution in [0.1, 0.15) is 24.8 Å². The summed E-state index contributed by atoms with van der Waals surface area (Å²) in [5.74, 6) is 2.11. The van der Waals surface area contributed by atoms with Gasteiger partial charge in [0.15, 0.2) is 0 Å². The third-order valence-corrected chi connectivity index (χ3v) is 5.14. The normalized spacial score (nSPS) is 22.7. The van der Waals surface area contributed by atoms with E-state index in [1.807, 2.05) is 16.8 Å². The second-order valence-corrected chi connectivity index (χ2v) is 6.74. The fourth-order valence-corrected chi connectivity index (χ4v) is 3.70. The molecule has 7 nitrogen and oxygen atoms in total. The highest BCUT2D eigenvalue weighted by Gasteiger charge is 2.34. The second-order valence-electron chi connectivity index (χ2n) is 6.74. The molecule has 0 bridgehead atoms. The lowest BCUT2D eigenvalue weighted by molar-refractivity contribution is -0.133. The van der Waals surface area contributed by atoms with Gasteiger partial charge in [-0.2, -0.15) is 0 Å². The van der Waals surface area contributed by atoms with Crippen LogP contribution < -0.4 is 15.1 Å². The van der Waals surface area contributed by atoms with Gasteiger partial charge in [-0.25, -0.2) is 9.97 Å². The van der Waals surface area contributed by atoms with Gasteiger partial charge < -0.3 is 20.0 Å². The fourth-order valence-electron chi connectivity index (χ4n) is 3.70. The van der Waals surface area contributed by atoms with Crippen LogP contribution in [0.15, 0.2) is 6.33 Å². The van der Waals surface area contributed by atoms with Crippen LogP contribution in [-0.2, 0) is 11.3 Å². The molecule has 23 heavy (non-hydrogen) atoms. The highest BCUT2D eigenvalue weighted by Crippen LogP contribution is 2.31. The number of hydrogen-bond donors (Lipinski definition) is 1. The molecule has 7 heteroatoms. The highest BCUT2D eigenvalue weighted by molar-refractivity contribution is 5.84. The molecule has 3 aliphatic rings. The van der Waals surface area contributed by atoms with Crippen LogP contribution in [0, 0.1) is 0 Å². The first kappa shape index (κ1) is 14.7. The summed E-state index contributed by atoms with van der Waals surface area (Å²) >= 11 is 0. The molecule has 1 amide bonds. The first-order chi connectivity index (χ1) is 11.2. The minimum atomic E-state index is 0.182. The summed E-state index contributed by atoms with van der Waals surface area (Å²) in [5.41, 5.74) is 1.11. The standard InChI is InChI=1S/C16H24N6O/c1-20-10-14(23)22(12-7-17-8-12)9-13-15(20)18-11-19-16(13)21-5-3-2-4-6-21/h11-12,17H,2-10H2,1H3. The average molecular weight is 316 g/mol. The third kappa shape index (κ3) is 2.63. The van der Waals surface area contributed by atoms with Crippen molar-refractivity contribution in [3.8, 4) is 0 Å². The van der Waals surface area contributed by atoms with Crippen molar-refractivity contribution in [2.75, 3.05) is 49.6 Å². The number of amides is 1. The number of piperidine rings is 1. The van der Waals surface area contributed by atoms with E-state index in [0.717, 1.165) is 43.4 Å². The highest BCUT2D eigenvalue weighted by atomic mass is 16.2. The number of likely N-dealkylation sites (N-methyl/N-ethyl adjacent to an activating group) is 1. The number of nitrogens with zero attached hydrogens (tertiary/aromatic N) is 5. The summed E-state index contributed by atoms with van der Waals surface area (Å²) < 4.78 is 0. The zero-order valence-electron chi connectivity index (χ0n) is 13.7. The van der Waals surface area contributed by atoms with Gasteiger partial charge in [0.1, 0.15) is 18.0 Å². The molecule has 1 aromatic rings. The number of aromatic nitrogens is 2. The zero-order valence-corrected chi connectivity index (χ0v) is 13.7. The lowest BCUT2D eigenvalue weighted by atomic mass is 10.1. The number of carbonyl (C=O) groups is 1. The van der Waals surface area contributed by atoms with Gasteiger partial charge in [-0.1, -0.05) is 0 Å². The van der Waals surface area contributed by atoms with E-state index >= 15 is 0 Å². The lowest BCUT2D eigenvalue weighted by Gasteiger charge is -2.38. The van der Waals surface area contributed by atoms with E-state index in [4.69, 9.17) is 0 Å². The van der Waals surface area contributed by atoms with E-state index in [0.29, 0.717) is 19.1 Å². The van der Waals surface area contributed by atoms with E-state index < -0.39 is 0 Å². The third-order valence-electron chi connectivity index (χ3n) is 5.14. The number of carbonyl (C=O) groups excluding carboxylic acids is 1. The molecule has 0 atom stereocenters. The van der Waals surface area contributed by atoms with Gasteiger partial charge in [-0.15, -0.1) is 0 Å². The second kappa shape index (κ2) is 5.96. The predicted molar refractivity (Wildman–Crippen MR) is 88.6 cm³/mol. The van der Waals surface area contributed by atoms with Crippen molar-refractivity contribution in [1.82, 2.24) is 20.2 Å². The molecule has 1 aromatic heterocycles. The summed E-state index contributed by atoms with van der Waals surface area (Å²) in [6, 6.07) is 0.302. The zero-order chi connectivity index (χ0) is 15.8. The molecule has 0 aromatic carbocycles. The quantitative estimate of drug-likeness (QED) is 0.842. The van der Waals surface area contributed by atoms with Gasteiger partial charge in [-0.3, -0.25) is 4.79 Å². The van der Waals surface area contributed by atoms with Crippen LogP contribution in [0.5, 0.6) is 0 Å². The summed E-state index contributed by atoms with van der Waals surface area (Å²) in [4.78, 5) is 28.0. The van der Waals surface area contributed by atoms with Crippen LogP contribution in [0.2, 0.25) is 0 Å². The molecular weight excluding hydrogens is 292 g/mol. The number of rotatable bonds is 2. The Bertz CT molecular complexity index is 596. The summed E-state index contributed by atoms with van der Waals surface area (Å²) in [6.45, 7) is 4.88. The summed E-state index contributed by atoms with van der Waals surface area (Å²) in [7, 11) is 1.95. The Labute approximate surface area is 136 Å². The smallest absolute Gasteiger partial charge is 0.242 e. The van der Waals surface area contributed by atoms with Gasteiger partial charge in [0.2, 0.25) is 5.91 Å². The molecule has 0 saturated carbocycles. The van der Waals surface area contributed by atoms with Crippen LogP contribution in [0.4, 0.5) is 11.6 Å². The average Bonchev–Trinajstić information content (AvgIpc) is 2.64. The van der Waals surface area contributed by atoms with Gasteiger partial charge in [0.05, 0.1) is 24.7 Å². The van der Waals surface area contributed by atoms with Crippen LogP contribution in [0.3, 0.4) is 0 Å². The number of hydrogen-bond acceptors (Lipinski definition) is 6. The van der Waals surface area contributed by atoms with Gasteiger partial charge in [0, 0.05) is 33.2 Å². The van der Waals surface area contributed by atoms with Crippen molar-refractivity contribution < 1.29 is 4.79 Å². The Hall–Kier alpha value is -1.89. The molecule has 0 aliphatic carbocycles. The lowest BCUT2D eigenvalue weighted by Crippen LogP contribution is -2.59. The van der Waals surface area contributed by atoms with Gasteiger partial charge in [0.25, 0.3) is 0 Å². The Kier molecular flexibility index (Phi) is 3.80. The van der Waals surface area contributed by atoms with Crippen LogP contribution in [-0.4, -0.2) is 66.6 Å². The topological polar surface area (TPSA) is 64.6 Å². The van der Waals surface area contributed by atoms with Crippen molar-refractivity contribution in [2.45, 2.75) is 31.8 Å². The molecule has 0 unspecified atom stereocenters. The van der Waals surface area contributed by atoms with Crippen molar-refractivity contribution in [1.29, 1.82) is 0 Å². The fraction of sp³-hybridized carbons (Fsp3) is 0.688. The van der Waals surface area contributed by atoms with E-state index in [2.05, 4.69) is 20.2 Å². The van der Waals surface area contributed by atoms with Crippen molar-refractivity contribution in [2.24, 2.45) is 0 Å². The molecule has 4 heterocycles. The maximum absolute atomic E-state index is 12.6. The number of nitrogens with one attached hydrogen (secondary N) is 1. The number of anilines is 2.